The van der Waals surface area contributed by atoms with E-state index in [1.54, 1.807) is 12.1 Å². The Bertz CT molecular complexity index is 958. The third-order valence-corrected chi connectivity index (χ3v) is 5.00. The molecule has 26 heavy (non-hydrogen) atoms. The van der Waals surface area contributed by atoms with E-state index < -0.39 is 5.92 Å². The zero-order valence-electron chi connectivity index (χ0n) is 15.5. The summed E-state index contributed by atoms with van der Waals surface area (Å²) in [6.07, 6.45) is 1.27. The molecule has 1 aliphatic heterocycles. The van der Waals surface area contributed by atoms with Crippen LogP contribution in [0.3, 0.4) is 0 Å². The lowest BCUT2D eigenvalue weighted by molar-refractivity contribution is 0.0168. The van der Waals surface area contributed by atoms with Crippen molar-refractivity contribution < 1.29 is 13.2 Å². The lowest BCUT2D eigenvalue weighted by atomic mass is 9.81. The predicted molar refractivity (Wildman–Crippen MR) is 97.5 cm³/mol. The van der Waals surface area contributed by atoms with Gasteiger partial charge in [0, 0.05) is 48.1 Å². The molecule has 0 radical (unpaired) electrons. The molecule has 2 nitrogen and oxygen atoms in total. The molecule has 1 aromatic carbocycles. The molecule has 0 atom stereocenters. The third kappa shape index (κ3) is 3.35. The Labute approximate surface area is 151 Å². The number of pyridine rings is 1. The summed E-state index contributed by atoms with van der Waals surface area (Å²) in [4.78, 5) is 6.44. The maximum Gasteiger partial charge on any atom is 0.272 e. The molecule has 0 fully saturated rings. The Balaban J connectivity index is 2.12. The molecule has 0 saturated carbocycles. The smallest absolute Gasteiger partial charge is 0.272 e. The quantitative estimate of drug-likeness (QED) is 0.813. The highest BCUT2D eigenvalue weighted by atomic mass is 19.3. The highest BCUT2D eigenvalue weighted by molar-refractivity contribution is 5.45. The number of hydrogen-bond donors (Lipinski definition) is 0. The molecule has 0 saturated heterocycles. The first-order valence-electron chi connectivity index (χ1n) is 8.57. The van der Waals surface area contributed by atoms with Crippen LogP contribution in [0, 0.1) is 5.82 Å². The minimum absolute atomic E-state index is 0.0878. The Kier molecular flexibility index (Phi) is 4.37. The number of alkyl halides is 2. The molecule has 0 amide bonds. The van der Waals surface area contributed by atoms with Crippen molar-refractivity contribution in [1.82, 2.24) is 9.88 Å². The van der Waals surface area contributed by atoms with E-state index in [-0.39, 0.29) is 16.8 Å². The van der Waals surface area contributed by atoms with E-state index in [2.05, 4.69) is 16.5 Å². The lowest BCUT2D eigenvalue weighted by Crippen LogP contribution is -2.44. The minimum atomic E-state index is -2.93. The summed E-state index contributed by atoms with van der Waals surface area (Å²) < 4.78 is 41.1. The van der Waals surface area contributed by atoms with E-state index in [4.69, 9.17) is 0 Å². The van der Waals surface area contributed by atoms with Crippen molar-refractivity contribution >= 4 is 12.3 Å². The molecule has 138 valence electrons. The molecule has 1 aromatic heterocycles. The number of aromatic nitrogens is 1. The summed E-state index contributed by atoms with van der Waals surface area (Å²) in [7, 11) is 0. The van der Waals surface area contributed by atoms with Crippen LogP contribution >= 0.6 is 0 Å². The summed E-state index contributed by atoms with van der Waals surface area (Å²) in [5, 5.41) is 1.47. The molecule has 5 heteroatoms. The topological polar surface area (TPSA) is 16.1 Å². The molecule has 2 aromatic rings. The van der Waals surface area contributed by atoms with Crippen molar-refractivity contribution in [3.05, 3.63) is 63.5 Å². The van der Waals surface area contributed by atoms with E-state index >= 15 is 0 Å². The largest absolute Gasteiger partial charge is 0.369 e. The minimum Gasteiger partial charge on any atom is -0.369 e. The van der Waals surface area contributed by atoms with Gasteiger partial charge in [0.15, 0.2) is 0 Å². The van der Waals surface area contributed by atoms with Gasteiger partial charge in [-0.15, -0.1) is 0 Å². The van der Waals surface area contributed by atoms with Crippen molar-refractivity contribution in [1.29, 1.82) is 0 Å². The average Bonchev–Trinajstić information content (AvgIpc) is 2.54. The molecule has 0 unspecified atom stereocenters. The third-order valence-electron chi connectivity index (χ3n) is 5.00. The van der Waals surface area contributed by atoms with Crippen LogP contribution in [0.4, 0.5) is 13.2 Å². The van der Waals surface area contributed by atoms with E-state index in [1.165, 1.54) is 18.3 Å². The van der Waals surface area contributed by atoms with Crippen molar-refractivity contribution in [2.75, 3.05) is 6.54 Å². The number of halogens is 3. The van der Waals surface area contributed by atoms with E-state index in [1.807, 2.05) is 20.8 Å². The Morgan fingerprint density at radius 3 is 2.62 bits per heavy atom. The van der Waals surface area contributed by atoms with Gasteiger partial charge in [-0.2, -0.15) is 0 Å². The van der Waals surface area contributed by atoms with Crippen LogP contribution in [0.25, 0.3) is 12.3 Å². The highest BCUT2D eigenvalue weighted by Crippen LogP contribution is 2.36. The van der Waals surface area contributed by atoms with Gasteiger partial charge >= 0.3 is 0 Å². The van der Waals surface area contributed by atoms with Gasteiger partial charge in [0.25, 0.3) is 5.92 Å². The second-order valence-electron chi connectivity index (χ2n) is 7.75. The Morgan fingerprint density at radius 1 is 1.27 bits per heavy atom. The lowest BCUT2D eigenvalue weighted by Gasteiger charge is -2.41. The summed E-state index contributed by atoms with van der Waals surface area (Å²) in [5.41, 5.74) is 2.09. The SMILES string of the molecule is C=c1ccc(F)c/c1=C(/C)N1Cc2cc(C(C)(F)F)cnc2C(C)(C)C1. The number of hydrogen-bond acceptors (Lipinski definition) is 2. The van der Waals surface area contributed by atoms with Crippen LogP contribution in [0.1, 0.15) is 44.5 Å². The van der Waals surface area contributed by atoms with Gasteiger partial charge in [-0.1, -0.05) is 26.5 Å². The van der Waals surface area contributed by atoms with Gasteiger partial charge in [0.1, 0.15) is 5.82 Å². The fraction of sp³-hybridized carbons (Fsp3) is 0.381. The average molecular weight is 360 g/mol. The maximum absolute atomic E-state index is 13.7. The van der Waals surface area contributed by atoms with Crippen LogP contribution < -0.4 is 10.4 Å². The Hall–Kier alpha value is -2.30. The summed E-state index contributed by atoms with van der Waals surface area (Å²) in [6.45, 7) is 12.0. The van der Waals surface area contributed by atoms with Crippen molar-refractivity contribution in [3.8, 4) is 0 Å². The van der Waals surface area contributed by atoms with Gasteiger partial charge < -0.3 is 4.90 Å². The van der Waals surface area contributed by atoms with E-state index in [0.29, 0.717) is 13.1 Å². The summed E-state index contributed by atoms with van der Waals surface area (Å²) >= 11 is 0. The highest BCUT2D eigenvalue weighted by Gasteiger charge is 2.35. The molecule has 3 rings (SSSR count). The van der Waals surface area contributed by atoms with Gasteiger partial charge in [-0.3, -0.25) is 4.98 Å². The van der Waals surface area contributed by atoms with Gasteiger partial charge in [0.05, 0.1) is 5.69 Å². The first-order chi connectivity index (χ1) is 12.0. The van der Waals surface area contributed by atoms with E-state index in [0.717, 1.165) is 34.3 Å². The molecule has 0 N–H and O–H groups in total. The standard InChI is InChI=1S/C21H23F3N2/c1-13-6-7-17(22)9-18(13)14(2)26-11-15-8-16(21(5,23)24)10-25-19(15)20(3,4)12-26/h6-10H,1,11-12H2,2-5H3/b18-14+. The molecule has 2 heterocycles. The molecule has 0 spiro atoms. The maximum atomic E-state index is 13.7. The second kappa shape index (κ2) is 6.15. The number of nitrogens with zero attached hydrogens (tertiary/aromatic N) is 2. The van der Waals surface area contributed by atoms with E-state index in [9.17, 15) is 13.2 Å². The Morgan fingerprint density at radius 2 is 1.96 bits per heavy atom. The van der Waals surface area contributed by atoms with Crippen LogP contribution in [-0.2, 0) is 17.9 Å². The molecule has 1 aliphatic rings. The first kappa shape index (κ1) is 18.5. The first-order valence-corrected chi connectivity index (χ1v) is 8.57. The number of fused-ring (bicyclic) bond motifs is 1. The summed E-state index contributed by atoms with van der Waals surface area (Å²) in [6, 6.07) is 6.04. The van der Waals surface area contributed by atoms with Gasteiger partial charge in [-0.05, 0) is 35.9 Å². The fourth-order valence-corrected chi connectivity index (χ4v) is 3.59. The zero-order chi connectivity index (χ0) is 19.3. The van der Waals surface area contributed by atoms with Crippen molar-refractivity contribution in [2.24, 2.45) is 0 Å². The van der Waals surface area contributed by atoms with Crippen LogP contribution in [0.5, 0.6) is 0 Å². The second-order valence-corrected chi connectivity index (χ2v) is 7.75. The molecular formula is C21H23F3N2. The molecule has 0 bridgehead atoms. The predicted octanol–water partition coefficient (Wildman–Crippen LogP) is 3.66. The van der Waals surface area contributed by atoms with Crippen LogP contribution in [-0.4, -0.2) is 16.4 Å². The van der Waals surface area contributed by atoms with Crippen molar-refractivity contribution in [3.63, 3.8) is 0 Å². The fourth-order valence-electron chi connectivity index (χ4n) is 3.59. The zero-order valence-corrected chi connectivity index (χ0v) is 15.5. The normalized spacial score (nSPS) is 17.7. The van der Waals surface area contributed by atoms with Crippen LogP contribution in [0.2, 0.25) is 0 Å². The monoisotopic (exact) mass is 360 g/mol. The number of rotatable bonds is 2. The van der Waals surface area contributed by atoms with Crippen molar-refractivity contribution in [2.45, 2.75) is 45.6 Å². The van der Waals surface area contributed by atoms with Crippen LogP contribution in [0.15, 0.2) is 30.5 Å². The number of benzene rings is 1. The summed E-state index contributed by atoms with van der Waals surface area (Å²) in [5.74, 6) is -3.26. The molecule has 0 aliphatic carbocycles. The van der Waals surface area contributed by atoms with Gasteiger partial charge in [0.2, 0.25) is 0 Å². The van der Waals surface area contributed by atoms with Gasteiger partial charge in [-0.25, -0.2) is 13.2 Å². The molecular weight excluding hydrogens is 337 g/mol.